The molecule has 0 saturated carbocycles. The first kappa shape index (κ1) is 9.46. The predicted octanol–water partition coefficient (Wildman–Crippen LogP) is 1.52. The first-order valence-electron chi connectivity index (χ1n) is 5.13. The molecule has 2 rings (SSSR count). The van der Waals surface area contributed by atoms with E-state index < -0.39 is 0 Å². The molecule has 0 amide bonds. The second kappa shape index (κ2) is 4.42. The second-order valence-electron chi connectivity index (χ2n) is 3.77. The van der Waals surface area contributed by atoms with Crippen molar-refractivity contribution in [2.45, 2.75) is 25.9 Å². The minimum atomic E-state index is 0.361. The van der Waals surface area contributed by atoms with Gasteiger partial charge in [0.15, 0.2) is 0 Å². The molecule has 0 unspecified atom stereocenters. The van der Waals surface area contributed by atoms with Gasteiger partial charge in [-0.1, -0.05) is 0 Å². The van der Waals surface area contributed by atoms with Crippen molar-refractivity contribution in [3.63, 3.8) is 0 Å². The summed E-state index contributed by atoms with van der Waals surface area (Å²) in [7, 11) is 0. The molecular weight excluding hydrogens is 176 g/mol. The summed E-state index contributed by atoms with van der Waals surface area (Å²) in [6.45, 7) is 4.15. The van der Waals surface area contributed by atoms with Crippen LogP contribution in [0.4, 0.5) is 0 Å². The van der Waals surface area contributed by atoms with Crippen LogP contribution >= 0.6 is 0 Å². The second-order valence-corrected chi connectivity index (χ2v) is 3.77. The molecule has 0 atom stereocenters. The van der Waals surface area contributed by atoms with Crippen LogP contribution in [0.25, 0.3) is 0 Å². The molecule has 0 aliphatic carbocycles. The normalized spacial score (nSPS) is 18.1. The zero-order valence-electron chi connectivity index (χ0n) is 8.49. The Hall–Kier alpha value is -1.09. The number of ether oxygens (including phenoxy) is 1. The lowest BCUT2D eigenvalue weighted by Crippen LogP contribution is -2.34. The van der Waals surface area contributed by atoms with Crippen molar-refractivity contribution in [1.82, 2.24) is 10.3 Å². The van der Waals surface area contributed by atoms with Crippen LogP contribution in [0, 0.1) is 6.92 Å². The van der Waals surface area contributed by atoms with Crippen molar-refractivity contribution < 1.29 is 4.74 Å². The highest BCUT2D eigenvalue weighted by atomic mass is 16.5. The van der Waals surface area contributed by atoms with Gasteiger partial charge < -0.3 is 10.1 Å². The summed E-state index contributed by atoms with van der Waals surface area (Å²) in [4.78, 5) is 4.11. The minimum absolute atomic E-state index is 0.361. The quantitative estimate of drug-likeness (QED) is 0.771. The average molecular weight is 192 g/mol. The lowest BCUT2D eigenvalue weighted by atomic mass is 10.1. The molecule has 0 bridgehead atoms. The Morgan fingerprint density at radius 1 is 1.36 bits per heavy atom. The smallest absolute Gasteiger partial charge is 0.138 e. The van der Waals surface area contributed by atoms with E-state index >= 15 is 0 Å². The van der Waals surface area contributed by atoms with E-state index in [1.807, 2.05) is 19.2 Å². The highest BCUT2D eigenvalue weighted by Gasteiger charge is 2.14. The van der Waals surface area contributed by atoms with Crippen LogP contribution in [0.1, 0.15) is 18.4 Å². The number of aryl methyl sites for hydroxylation is 1. The maximum Gasteiger partial charge on any atom is 0.138 e. The molecule has 2 heterocycles. The lowest BCUT2D eigenvalue weighted by molar-refractivity contribution is 0.162. The van der Waals surface area contributed by atoms with Crippen molar-refractivity contribution in [2.24, 2.45) is 0 Å². The maximum atomic E-state index is 5.83. The molecule has 1 aliphatic rings. The Morgan fingerprint density at radius 3 is 2.86 bits per heavy atom. The molecule has 1 aromatic heterocycles. The van der Waals surface area contributed by atoms with E-state index in [1.54, 1.807) is 6.20 Å². The molecule has 1 N–H and O–H groups in total. The van der Waals surface area contributed by atoms with Gasteiger partial charge in [0.25, 0.3) is 0 Å². The van der Waals surface area contributed by atoms with Crippen molar-refractivity contribution in [3.8, 4) is 5.75 Å². The summed E-state index contributed by atoms with van der Waals surface area (Å²) in [5.41, 5.74) is 1.15. The summed E-state index contributed by atoms with van der Waals surface area (Å²) in [6.07, 6.45) is 6.17. The molecule has 3 nitrogen and oxygen atoms in total. The maximum absolute atomic E-state index is 5.83. The van der Waals surface area contributed by atoms with Gasteiger partial charge >= 0.3 is 0 Å². The molecule has 1 aromatic rings. The van der Waals surface area contributed by atoms with Crippen molar-refractivity contribution in [1.29, 1.82) is 0 Å². The standard InChI is InChI=1S/C11H16N2O/c1-9-6-11(8-13-7-9)14-10-2-4-12-5-3-10/h6-8,10,12H,2-5H2,1H3. The summed E-state index contributed by atoms with van der Waals surface area (Å²) in [6, 6.07) is 2.04. The number of hydrogen-bond donors (Lipinski definition) is 1. The molecule has 1 saturated heterocycles. The molecule has 1 fully saturated rings. The molecule has 76 valence electrons. The van der Waals surface area contributed by atoms with Gasteiger partial charge in [-0.3, -0.25) is 4.98 Å². The summed E-state index contributed by atoms with van der Waals surface area (Å²) in [5, 5.41) is 3.32. The van der Waals surface area contributed by atoms with Crippen molar-refractivity contribution in [3.05, 3.63) is 24.0 Å². The fraction of sp³-hybridized carbons (Fsp3) is 0.545. The number of pyridine rings is 1. The van der Waals surface area contributed by atoms with Crippen molar-refractivity contribution >= 4 is 0 Å². The number of rotatable bonds is 2. The Labute approximate surface area is 84.5 Å². The van der Waals surface area contributed by atoms with Gasteiger partial charge in [-0.2, -0.15) is 0 Å². The van der Waals surface area contributed by atoms with E-state index in [-0.39, 0.29) is 0 Å². The molecule has 3 heteroatoms. The van der Waals surface area contributed by atoms with Crippen LogP contribution in [-0.4, -0.2) is 24.2 Å². The fourth-order valence-corrected chi connectivity index (χ4v) is 1.70. The van der Waals surface area contributed by atoms with Crippen LogP contribution in [0.3, 0.4) is 0 Å². The third kappa shape index (κ3) is 2.45. The Kier molecular flexibility index (Phi) is 2.99. The van der Waals surface area contributed by atoms with E-state index in [0.29, 0.717) is 6.10 Å². The largest absolute Gasteiger partial charge is 0.489 e. The summed E-state index contributed by atoms with van der Waals surface area (Å²) < 4.78 is 5.83. The van der Waals surface area contributed by atoms with Crippen LogP contribution < -0.4 is 10.1 Å². The van der Waals surface area contributed by atoms with Gasteiger partial charge in [-0.15, -0.1) is 0 Å². The van der Waals surface area contributed by atoms with Gasteiger partial charge in [0.1, 0.15) is 11.9 Å². The van der Waals surface area contributed by atoms with Crippen LogP contribution in [-0.2, 0) is 0 Å². The summed E-state index contributed by atoms with van der Waals surface area (Å²) in [5.74, 6) is 0.900. The van der Waals surface area contributed by atoms with Gasteiger partial charge in [0.05, 0.1) is 6.20 Å². The third-order valence-electron chi connectivity index (χ3n) is 2.44. The Morgan fingerprint density at radius 2 is 2.14 bits per heavy atom. The topological polar surface area (TPSA) is 34.1 Å². The first-order chi connectivity index (χ1) is 6.84. The van der Waals surface area contributed by atoms with Crippen LogP contribution in [0.5, 0.6) is 5.75 Å². The van der Waals surface area contributed by atoms with E-state index in [4.69, 9.17) is 4.74 Å². The van der Waals surface area contributed by atoms with E-state index in [0.717, 1.165) is 37.2 Å². The third-order valence-corrected chi connectivity index (χ3v) is 2.44. The Balaban J connectivity index is 1.95. The van der Waals surface area contributed by atoms with E-state index in [1.165, 1.54) is 0 Å². The van der Waals surface area contributed by atoms with Gasteiger partial charge in [-0.25, -0.2) is 0 Å². The number of nitrogens with zero attached hydrogens (tertiary/aromatic N) is 1. The number of nitrogens with one attached hydrogen (secondary N) is 1. The monoisotopic (exact) mass is 192 g/mol. The fourth-order valence-electron chi connectivity index (χ4n) is 1.70. The first-order valence-corrected chi connectivity index (χ1v) is 5.13. The highest BCUT2D eigenvalue weighted by molar-refractivity contribution is 5.22. The van der Waals surface area contributed by atoms with Crippen LogP contribution in [0.15, 0.2) is 18.5 Å². The van der Waals surface area contributed by atoms with Crippen molar-refractivity contribution in [2.75, 3.05) is 13.1 Å². The molecule has 1 aliphatic heterocycles. The van der Waals surface area contributed by atoms with Gasteiger partial charge in [0.2, 0.25) is 0 Å². The predicted molar refractivity (Wildman–Crippen MR) is 55.5 cm³/mol. The zero-order chi connectivity index (χ0) is 9.80. The SMILES string of the molecule is Cc1cncc(OC2CCNCC2)c1. The minimum Gasteiger partial charge on any atom is -0.489 e. The number of aromatic nitrogens is 1. The average Bonchev–Trinajstić information content (AvgIpc) is 2.19. The molecule has 14 heavy (non-hydrogen) atoms. The van der Waals surface area contributed by atoms with Gasteiger partial charge in [0, 0.05) is 6.20 Å². The number of piperidine rings is 1. The zero-order valence-corrected chi connectivity index (χ0v) is 8.49. The van der Waals surface area contributed by atoms with Gasteiger partial charge in [-0.05, 0) is 44.5 Å². The Bertz CT molecular complexity index is 295. The lowest BCUT2D eigenvalue weighted by Gasteiger charge is -2.23. The molecule has 0 radical (unpaired) electrons. The van der Waals surface area contributed by atoms with E-state index in [9.17, 15) is 0 Å². The number of hydrogen-bond acceptors (Lipinski definition) is 3. The molecule has 0 aromatic carbocycles. The van der Waals surface area contributed by atoms with Crippen LogP contribution in [0.2, 0.25) is 0 Å². The molecular formula is C11H16N2O. The highest BCUT2D eigenvalue weighted by Crippen LogP contribution is 2.16. The van der Waals surface area contributed by atoms with E-state index in [2.05, 4.69) is 10.3 Å². The summed E-state index contributed by atoms with van der Waals surface area (Å²) >= 11 is 0. The molecule has 0 spiro atoms.